The molecule has 1 atom stereocenters. The highest BCUT2D eigenvalue weighted by Crippen LogP contribution is 2.42. The van der Waals surface area contributed by atoms with Crippen LogP contribution in [0.15, 0.2) is 53.7 Å². The van der Waals surface area contributed by atoms with Gasteiger partial charge in [-0.15, -0.1) is 10.2 Å². The molecule has 3 aromatic rings. The summed E-state index contributed by atoms with van der Waals surface area (Å²) in [5.74, 6) is 3.43. The minimum Gasteiger partial charge on any atom is -0.497 e. The Labute approximate surface area is 198 Å². The van der Waals surface area contributed by atoms with Gasteiger partial charge < -0.3 is 14.4 Å². The molecule has 1 amide bonds. The van der Waals surface area contributed by atoms with Crippen LogP contribution in [0.4, 0.5) is 0 Å². The molecule has 0 N–H and O–H groups in total. The summed E-state index contributed by atoms with van der Waals surface area (Å²) in [5, 5.41) is 9.69. The van der Waals surface area contributed by atoms with Gasteiger partial charge in [-0.05, 0) is 56.0 Å². The fourth-order valence-electron chi connectivity index (χ4n) is 4.50. The summed E-state index contributed by atoms with van der Waals surface area (Å²) in [7, 11) is 3.31. The summed E-state index contributed by atoms with van der Waals surface area (Å²) in [4.78, 5) is 15.3. The van der Waals surface area contributed by atoms with Gasteiger partial charge in [0.15, 0.2) is 5.16 Å². The first-order valence-electron chi connectivity index (χ1n) is 11.3. The summed E-state index contributed by atoms with van der Waals surface area (Å²) < 4.78 is 13.1. The molecule has 8 heteroatoms. The van der Waals surface area contributed by atoms with E-state index in [0.29, 0.717) is 11.7 Å². The molecule has 2 aromatic carbocycles. The number of nitrogens with zero attached hydrogens (tertiary/aromatic N) is 4. The lowest BCUT2D eigenvalue weighted by Gasteiger charge is -2.26. The minimum atomic E-state index is -0.0165. The number of thioether (sulfide) groups is 1. The van der Waals surface area contributed by atoms with Gasteiger partial charge in [0, 0.05) is 23.7 Å². The van der Waals surface area contributed by atoms with E-state index in [4.69, 9.17) is 9.47 Å². The van der Waals surface area contributed by atoms with E-state index in [0.717, 1.165) is 66.0 Å². The number of carbonyl (C=O) groups excluding carboxylic acids is 1. The lowest BCUT2D eigenvalue weighted by atomic mass is 10.0. The molecule has 1 saturated heterocycles. The van der Waals surface area contributed by atoms with Crippen LogP contribution in [-0.2, 0) is 4.79 Å². The molecule has 2 aliphatic rings. The molecule has 172 valence electrons. The molecule has 33 heavy (non-hydrogen) atoms. The summed E-state index contributed by atoms with van der Waals surface area (Å²) in [6.45, 7) is 0.739. The third kappa shape index (κ3) is 4.44. The molecule has 1 saturated carbocycles. The summed E-state index contributed by atoms with van der Waals surface area (Å²) in [6, 6.07) is 15.9. The van der Waals surface area contributed by atoms with E-state index in [9.17, 15) is 4.79 Å². The van der Waals surface area contributed by atoms with Crippen LogP contribution in [0.1, 0.15) is 49.0 Å². The molecular formula is C25H28N4O3S. The average molecular weight is 465 g/mol. The quantitative estimate of drug-likeness (QED) is 0.453. The minimum absolute atomic E-state index is 0.0165. The summed E-state index contributed by atoms with van der Waals surface area (Å²) >= 11 is 1.46. The molecule has 0 bridgehead atoms. The smallest absolute Gasteiger partial charge is 0.233 e. The molecule has 1 aliphatic heterocycles. The lowest BCUT2D eigenvalue weighted by Crippen LogP contribution is -2.32. The Morgan fingerprint density at radius 3 is 2.61 bits per heavy atom. The number of carbonyl (C=O) groups is 1. The molecule has 0 radical (unpaired) electrons. The zero-order valence-corrected chi connectivity index (χ0v) is 19.8. The van der Waals surface area contributed by atoms with Gasteiger partial charge in [0.05, 0.1) is 26.0 Å². The van der Waals surface area contributed by atoms with Crippen molar-refractivity contribution >= 4 is 17.7 Å². The number of amides is 1. The maximum Gasteiger partial charge on any atom is 0.233 e. The highest BCUT2D eigenvalue weighted by molar-refractivity contribution is 7.99. The fourth-order valence-corrected chi connectivity index (χ4v) is 5.34. The molecule has 0 spiro atoms. The van der Waals surface area contributed by atoms with Gasteiger partial charge in [0.1, 0.15) is 17.3 Å². The van der Waals surface area contributed by atoms with Crippen molar-refractivity contribution in [2.24, 2.45) is 0 Å². The van der Waals surface area contributed by atoms with Crippen molar-refractivity contribution < 1.29 is 14.3 Å². The predicted octanol–water partition coefficient (Wildman–Crippen LogP) is 4.62. The van der Waals surface area contributed by atoms with Crippen molar-refractivity contribution in [1.29, 1.82) is 0 Å². The number of aromatic nitrogens is 3. The van der Waals surface area contributed by atoms with Crippen molar-refractivity contribution in [3.8, 4) is 17.2 Å². The Kier molecular flexibility index (Phi) is 6.26. The van der Waals surface area contributed by atoms with E-state index in [1.54, 1.807) is 14.2 Å². The second-order valence-electron chi connectivity index (χ2n) is 8.43. The van der Waals surface area contributed by atoms with Crippen LogP contribution >= 0.6 is 11.8 Å². The third-order valence-electron chi connectivity index (χ3n) is 6.31. The lowest BCUT2D eigenvalue weighted by molar-refractivity contribution is -0.129. The van der Waals surface area contributed by atoms with E-state index >= 15 is 0 Å². The van der Waals surface area contributed by atoms with Crippen LogP contribution in [0.3, 0.4) is 0 Å². The molecule has 2 heterocycles. The van der Waals surface area contributed by atoms with E-state index in [1.165, 1.54) is 11.8 Å². The molecule has 5 rings (SSSR count). The van der Waals surface area contributed by atoms with Crippen LogP contribution in [-0.4, -0.2) is 52.1 Å². The SMILES string of the molecule is COc1ccc(OC)c(C2CCCN2C(=O)CSc2nnc(C3CC3)n2-c2ccccc2)c1. The zero-order valence-electron chi connectivity index (χ0n) is 18.9. The number of ether oxygens (including phenoxy) is 2. The molecular weight excluding hydrogens is 436 g/mol. The number of hydrogen-bond donors (Lipinski definition) is 0. The standard InChI is InChI=1S/C25H28N4O3S/c1-31-19-12-13-22(32-2)20(15-19)21-9-6-14-28(21)23(30)16-33-25-27-26-24(17-10-11-17)29(25)18-7-4-3-5-8-18/h3-5,7-8,12-13,15,17,21H,6,9-11,14,16H2,1-2H3. The van der Waals surface area contributed by atoms with Crippen molar-refractivity contribution in [3.05, 3.63) is 59.9 Å². The Balaban J connectivity index is 1.35. The number of rotatable bonds is 8. The second kappa shape index (κ2) is 9.47. The van der Waals surface area contributed by atoms with Gasteiger partial charge in [0.2, 0.25) is 5.91 Å². The number of hydrogen-bond acceptors (Lipinski definition) is 6. The van der Waals surface area contributed by atoms with Crippen LogP contribution in [0.2, 0.25) is 0 Å². The Morgan fingerprint density at radius 1 is 1.06 bits per heavy atom. The van der Waals surface area contributed by atoms with Gasteiger partial charge in [-0.1, -0.05) is 30.0 Å². The monoisotopic (exact) mass is 464 g/mol. The maximum atomic E-state index is 13.3. The van der Waals surface area contributed by atoms with Crippen molar-refractivity contribution in [2.45, 2.75) is 42.8 Å². The maximum absolute atomic E-state index is 13.3. The van der Waals surface area contributed by atoms with Gasteiger partial charge >= 0.3 is 0 Å². The van der Waals surface area contributed by atoms with Crippen molar-refractivity contribution in [2.75, 3.05) is 26.5 Å². The van der Waals surface area contributed by atoms with E-state index < -0.39 is 0 Å². The number of methoxy groups -OCH3 is 2. The third-order valence-corrected chi connectivity index (χ3v) is 7.22. The first-order valence-corrected chi connectivity index (χ1v) is 12.3. The van der Waals surface area contributed by atoms with Gasteiger partial charge in [0.25, 0.3) is 0 Å². The second-order valence-corrected chi connectivity index (χ2v) is 9.37. The largest absolute Gasteiger partial charge is 0.497 e. The number of para-hydroxylation sites is 1. The van der Waals surface area contributed by atoms with Crippen LogP contribution in [0.5, 0.6) is 11.5 Å². The Bertz CT molecular complexity index is 1130. The normalized spacial score (nSPS) is 17.9. The van der Waals surface area contributed by atoms with Crippen molar-refractivity contribution in [1.82, 2.24) is 19.7 Å². The zero-order chi connectivity index (χ0) is 22.8. The first-order chi connectivity index (χ1) is 16.2. The predicted molar refractivity (Wildman–Crippen MR) is 127 cm³/mol. The number of benzene rings is 2. The topological polar surface area (TPSA) is 69.5 Å². The molecule has 7 nitrogen and oxygen atoms in total. The highest BCUT2D eigenvalue weighted by Gasteiger charge is 2.34. The fraction of sp³-hybridized carbons (Fsp3) is 0.400. The summed E-state index contributed by atoms with van der Waals surface area (Å²) in [6.07, 6.45) is 4.16. The van der Waals surface area contributed by atoms with Crippen LogP contribution < -0.4 is 9.47 Å². The van der Waals surface area contributed by atoms with Gasteiger partial charge in [-0.2, -0.15) is 0 Å². The molecule has 1 aliphatic carbocycles. The number of likely N-dealkylation sites (tertiary alicyclic amines) is 1. The summed E-state index contributed by atoms with van der Waals surface area (Å²) in [5.41, 5.74) is 2.04. The van der Waals surface area contributed by atoms with Crippen LogP contribution in [0, 0.1) is 0 Å². The highest BCUT2D eigenvalue weighted by atomic mass is 32.2. The Morgan fingerprint density at radius 2 is 1.88 bits per heavy atom. The van der Waals surface area contributed by atoms with E-state index in [-0.39, 0.29) is 11.9 Å². The molecule has 1 unspecified atom stereocenters. The van der Waals surface area contributed by atoms with Gasteiger partial charge in [-0.3, -0.25) is 9.36 Å². The van der Waals surface area contributed by atoms with E-state index in [1.807, 2.05) is 41.3 Å². The van der Waals surface area contributed by atoms with Crippen LogP contribution in [0.25, 0.3) is 5.69 Å². The van der Waals surface area contributed by atoms with E-state index in [2.05, 4.69) is 26.9 Å². The average Bonchev–Trinajstić information content (AvgIpc) is 3.43. The first kappa shape index (κ1) is 21.8. The Hall–Kier alpha value is -3.00. The van der Waals surface area contributed by atoms with Crippen molar-refractivity contribution in [3.63, 3.8) is 0 Å². The van der Waals surface area contributed by atoms with Gasteiger partial charge in [-0.25, -0.2) is 0 Å². The molecule has 2 fully saturated rings. The molecule has 1 aromatic heterocycles.